The number of nitro groups is 2. The summed E-state index contributed by atoms with van der Waals surface area (Å²) < 4.78 is 0. The Labute approximate surface area is 140 Å². The van der Waals surface area contributed by atoms with Crippen LogP contribution in [0.4, 0.5) is 0 Å². The largest absolute Gasteiger partial charge is 0.264 e. The maximum Gasteiger partial charge on any atom is 0.223 e. The summed E-state index contributed by atoms with van der Waals surface area (Å²) in [5.41, 5.74) is 1.88. The first-order valence-electron chi connectivity index (χ1n) is 8.24. The first-order valence-corrected chi connectivity index (χ1v) is 8.24. The highest BCUT2D eigenvalue weighted by molar-refractivity contribution is 5.31. The first kappa shape index (κ1) is 16.4. The Kier molecular flexibility index (Phi) is 4.74. The molecule has 1 aromatic rings. The topological polar surface area (TPSA) is 86.3 Å². The molecule has 2 aliphatic carbocycles. The molecule has 6 nitrogen and oxygen atoms in total. The van der Waals surface area contributed by atoms with Gasteiger partial charge in [-0.2, -0.15) is 0 Å². The van der Waals surface area contributed by atoms with Gasteiger partial charge in [-0.1, -0.05) is 48.6 Å². The van der Waals surface area contributed by atoms with Gasteiger partial charge in [-0.3, -0.25) is 20.2 Å². The summed E-state index contributed by atoms with van der Waals surface area (Å²) in [4.78, 5) is 22.1. The van der Waals surface area contributed by atoms with Crippen molar-refractivity contribution < 1.29 is 9.85 Å². The number of hydrogen-bond acceptors (Lipinski definition) is 4. The second-order valence-corrected chi connectivity index (χ2v) is 6.47. The van der Waals surface area contributed by atoms with Crippen LogP contribution in [0.3, 0.4) is 0 Å². The van der Waals surface area contributed by atoms with E-state index in [0.29, 0.717) is 25.7 Å². The van der Waals surface area contributed by atoms with Crippen LogP contribution in [0.15, 0.2) is 48.6 Å². The van der Waals surface area contributed by atoms with Gasteiger partial charge < -0.3 is 0 Å². The molecule has 0 N–H and O–H groups in total. The molecule has 0 saturated heterocycles. The van der Waals surface area contributed by atoms with Crippen molar-refractivity contribution in [3.05, 3.63) is 79.9 Å². The lowest BCUT2D eigenvalue weighted by Gasteiger charge is -2.25. The minimum Gasteiger partial charge on any atom is -0.264 e. The first-order chi connectivity index (χ1) is 11.6. The summed E-state index contributed by atoms with van der Waals surface area (Å²) in [5.74, 6) is -0.256. The minimum atomic E-state index is -0.593. The lowest BCUT2D eigenvalue weighted by atomic mass is 9.80. The summed E-state index contributed by atoms with van der Waals surface area (Å²) in [7, 11) is 0. The van der Waals surface area contributed by atoms with E-state index in [1.165, 1.54) is 0 Å². The van der Waals surface area contributed by atoms with Gasteiger partial charge in [0.2, 0.25) is 12.1 Å². The quantitative estimate of drug-likeness (QED) is 0.477. The molecule has 6 heteroatoms. The molecule has 24 heavy (non-hydrogen) atoms. The second kappa shape index (κ2) is 6.95. The van der Waals surface area contributed by atoms with Crippen LogP contribution in [0.1, 0.15) is 48.6 Å². The van der Waals surface area contributed by atoms with Crippen LogP contribution in [-0.2, 0) is 0 Å². The van der Waals surface area contributed by atoms with Crippen LogP contribution in [-0.4, -0.2) is 21.9 Å². The zero-order chi connectivity index (χ0) is 17.1. The fourth-order valence-corrected chi connectivity index (χ4v) is 3.77. The lowest BCUT2D eigenvalue weighted by Crippen LogP contribution is -2.29. The van der Waals surface area contributed by atoms with Crippen LogP contribution in [0.25, 0.3) is 0 Å². The molecule has 0 aliphatic heterocycles. The molecule has 126 valence electrons. The van der Waals surface area contributed by atoms with Crippen molar-refractivity contribution in [3.63, 3.8) is 0 Å². The summed E-state index contributed by atoms with van der Waals surface area (Å²) >= 11 is 0. The SMILES string of the molecule is O=[N+]([O-])[C@H]1CC=CC[C@H]1c1ccc([C@@H]2CC=CC[C@@H]2[N+](=O)[O-])cc1. The Balaban J connectivity index is 1.82. The molecule has 0 bridgehead atoms. The highest BCUT2D eigenvalue weighted by atomic mass is 16.6. The van der Waals surface area contributed by atoms with E-state index in [-0.39, 0.29) is 21.7 Å². The van der Waals surface area contributed by atoms with E-state index >= 15 is 0 Å². The molecule has 2 aliphatic rings. The van der Waals surface area contributed by atoms with E-state index < -0.39 is 12.1 Å². The smallest absolute Gasteiger partial charge is 0.223 e. The third kappa shape index (κ3) is 3.22. The monoisotopic (exact) mass is 328 g/mol. The Morgan fingerprint density at radius 3 is 1.33 bits per heavy atom. The number of allylic oxidation sites excluding steroid dienone is 2. The van der Waals surface area contributed by atoms with Gasteiger partial charge >= 0.3 is 0 Å². The summed E-state index contributed by atoms with van der Waals surface area (Å²) in [6.45, 7) is 0. The van der Waals surface area contributed by atoms with Gasteiger partial charge in [-0.25, -0.2) is 0 Å². The van der Waals surface area contributed by atoms with Gasteiger partial charge in [0, 0.05) is 22.7 Å². The van der Waals surface area contributed by atoms with Crippen molar-refractivity contribution in [2.24, 2.45) is 0 Å². The Hall–Kier alpha value is -2.50. The van der Waals surface area contributed by atoms with Crippen LogP contribution >= 0.6 is 0 Å². The standard InChI is InChI=1S/C18H20N2O4/c21-19(22)17-7-3-1-5-15(17)13-9-11-14(12-10-13)16-6-2-4-8-18(16)20(23)24/h1-4,9-12,15-18H,5-8H2/t15-,16-,17-,18-/m0/s1. The minimum absolute atomic E-state index is 0.128. The van der Waals surface area contributed by atoms with Crippen molar-refractivity contribution in [2.45, 2.75) is 49.6 Å². The molecule has 4 atom stereocenters. The summed E-state index contributed by atoms with van der Waals surface area (Å²) in [6, 6.07) is 6.45. The van der Waals surface area contributed by atoms with E-state index in [2.05, 4.69) is 0 Å². The van der Waals surface area contributed by atoms with Crippen molar-refractivity contribution in [1.29, 1.82) is 0 Å². The lowest BCUT2D eigenvalue weighted by molar-refractivity contribution is -0.526. The van der Waals surface area contributed by atoms with Crippen molar-refractivity contribution in [1.82, 2.24) is 0 Å². The van der Waals surface area contributed by atoms with E-state index in [1.54, 1.807) is 0 Å². The van der Waals surface area contributed by atoms with Gasteiger partial charge in [-0.15, -0.1) is 0 Å². The molecule has 0 radical (unpaired) electrons. The third-order valence-electron chi connectivity index (χ3n) is 5.13. The molecule has 0 amide bonds. The van der Waals surface area contributed by atoms with Crippen LogP contribution in [0.2, 0.25) is 0 Å². The van der Waals surface area contributed by atoms with Gasteiger partial charge in [0.25, 0.3) is 0 Å². The number of nitrogens with zero attached hydrogens (tertiary/aromatic N) is 2. The average molecular weight is 328 g/mol. The van der Waals surface area contributed by atoms with E-state index in [1.807, 2.05) is 48.6 Å². The van der Waals surface area contributed by atoms with Crippen LogP contribution in [0.5, 0.6) is 0 Å². The molecule has 0 spiro atoms. The summed E-state index contributed by atoms with van der Waals surface area (Å²) in [6.07, 6.45) is 9.96. The summed E-state index contributed by atoms with van der Waals surface area (Å²) in [5, 5.41) is 22.5. The zero-order valence-corrected chi connectivity index (χ0v) is 13.3. The van der Waals surface area contributed by atoms with E-state index in [4.69, 9.17) is 0 Å². The number of hydrogen-bond donors (Lipinski definition) is 0. The molecule has 3 rings (SSSR count). The molecular formula is C18H20N2O4. The Morgan fingerprint density at radius 1 is 0.667 bits per heavy atom. The second-order valence-electron chi connectivity index (χ2n) is 6.47. The van der Waals surface area contributed by atoms with Crippen molar-refractivity contribution >= 4 is 0 Å². The molecule has 0 fully saturated rings. The van der Waals surface area contributed by atoms with Crippen LogP contribution in [0, 0.1) is 20.2 Å². The predicted octanol–water partition coefficient (Wildman–Crippen LogP) is 3.84. The van der Waals surface area contributed by atoms with Gasteiger partial charge in [0.15, 0.2) is 0 Å². The molecule has 1 aromatic carbocycles. The average Bonchev–Trinajstić information content (AvgIpc) is 2.62. The zero-order valence-electron chi connectivity index (χ0n) is 13.3. The molecular weight excluding hydrogens is 308 g/mol. The van der Waals surface area contributed by atoms with Gasteiger partial charge in [0.1, 0.15) is 0 Å². The number of benzene rings is 1. The van der Waals surface area contributed by atoms with E-state index in [9.17, 15) is 20.2 Å². The fourth-order valence-electron chi connectivity index (χ4n) is 3.77. The van der Waals surface area contributed by atoms with E-state index in [0.717, 1.165) is 11.1 Å². The molecule has 0 heterocycles. The van der Waals surface area contributed by atoms with Gasteiger partial charge in [0.05, 0.1) is 11.8 Å². The fraction of sp³-hybridized carbons (Fsp3) is 0.444. The number of rotatable bonds is 4. The van der Waals surface area contributed by atoms with Crippen molar-refractivity contribution in [2.75, 3.05) is 0 Å². The maximum atomic E-state index is 11.3. The Bertz CT molecular complexity index is 622. The third-order valence-corrected chi connectivity index (χ3v) is 5.13. The van der Waals surface area contributed by atoms with Gasteiger partial charge in [-0.05, 0) is 24.0 Å². The normalized spacial score (nSPS) is 29.3. The Morgan fingerprint density at radius 2 is 1.00 bits per heavy atom. The van der Waals surface area contributed by atoms with Crippen molar-refractivity contribution in [3.8, 4) is 0 Å². The highest BCUT2D eigenvalue weighted by Crippen LogP contribution is 2.35. The molecule has 0 unspecified atom stereocenters. The predicted molar refractivity (Wildman–Crippen MR) is 90.2 cm³/mol. The highest BCUT2D eigenvalue weighted by Gasteiger charge is 2.35. The van der Waals surface area contributed by atoms with Crippen LogP contribution < -0.4 is 0 Å². The molecule has 0 saturated carbocycles. The maximum absolute atomic E-state index is 11.3. The molecule has 0 aromatic heterocycles.